The molecule has 0 atom stereocenters. The van der Waals surface area contributed by atoms with Crippen LogP contribution in [0, 0.1) is 0 Å². The molecule has 0 aromatic carbocycles. The number of rotatable bonds is 1. The van der Waals surface area contributed by atoms with Gasteiger partial charge in [0.05, 0.1) is 5.37 Å². The molecule has 0 bridgehead atoms. The summed E-state index contributed by atoms with van der Waals surface area (Å²) in [5.41, 5.74) is 0.759. The Kier molecular flexibility index (Phi) is 1.36. The van der Waals surface area contributed by atoms with Crippen LogP contribution in [-0.2, 0) is 4.84 Å². The zero-order chi connectivity index (χ0) is 5.11. The molecule has 0 aliphatic carbocycles. The molecule has 0 N–H and O–H groups in total. The summed E-state index contributed by atoms with van der Waals surface area (Å²) in [5.74, 6) is 0. The monoisotopic (exact) mass is 114 g/mol. The van der Waals surface area contributed by atoms with Crippen molar-refractivity contribution in [2.75, 3.05) is 6.61 Å². The van der Waals surface area contributed by atoms with Crippen molar-refractivity contribution in [3.05, 3.63) is 0 Å². The molecular formula is C4H4NOS. The first-order valence-electron chi connectivity index (χ1n) is 2.00. The second kappa shape index (κ2) is 2.02. The van der Waals surface area contributed by atoms with Crippen molar-refractivity contribution in [3.63, 3.8) is 0 Å². The highest BCUT2D eigenvalue weighted by Gasteiger charge is 2.02. The largest absolute Gasteiger partial charge is 0.395 e. The van der Waals surface area contributed by atoms with Crippen molar-refractivity contribution in [1.82, 2.24) is 0 Å². The Hall–Kier alpha value is -0.440. The molecule has 1 aliphatic heterocycles. The molecule has 3 heteroatoms. The first kappa shape index (κ1) is 4.71. The van der Waals surface area contributed by atoms with Crippen molar-refractivity contribution in [2.24, 2.45) is 5.16 Å². The molecule has 0 fully saturated rings. The van der Waals surface area contributed by atoms with Gasteiger partial charge in [-0.3, -0.25) is 0 Å². The maximum Gasteiger partial charge on any atom is 0.122 e. The SMILES string of the molecule is S=[C]C1=NOCC1. The van der Waals surface area contributed by atoms with Crippen LogP contribution in [0.15, 0.2) is 5.16 Å². The fourth-order valence-corrected chi connectivity index (χ4v) is 0.521. The standard InChI is InChI=1S/C4H4NOS/c7-3-4-1-2-6-5-4/h1-2H2. The molecule has 0 aromatic rings. The summed E-state index contributed by atoms with van der Waals surface area (Å²) in [4.78, 5) is 4.61. The summed E-state index contributed by atoms with van der Waals surface area (Å²) < 4.78 is 0. The van der Waals surface area contributed by atoms with E-state index >= 15 is 0 Å². The van der Waals surface area contributed by atoms with Gasteiger partial charge in [0, 0.05) is 6.42 Å². The van der Waals surface area contributed by atoms with Crippen LogP contribution < -0.4 is 0 Å². The van der Waals surface area contributed by atoms with E-state index in [1.807, 2.05) is 0 Å². The molecule has 7 heavy (non-hydrogen) atoms. The van der Waals surface area contributed by atoms with E-state index in [0.717, 1.165) is 12.1 Å². The van der Waals surface area contributed by atoms with Crippen molar-refractivity contribution in [1.29, 1.82) is 0 Å². The molecule has 0 saturated carbocycles. The lowest BCUT2D eigenvalue weighted by molar-refractivity contribution is 0.174. The van der Waals surface area contributed by atoms with Crippen molar-refractivity contribution in [3.8, 4) is 0 Å². The van der Waals surface area contributed by atoms with Crippen LogP contribution >= 0.6 is 12.2 Å². The van der Waals surface area contributed by atoms with E-state index in [1.54, 1.807) is 0 Å². The molecule has 0 spiro atoms. The Bertz CT molecular complexity index is 110. The van der Waals surface area contributed by atoms with E-state index in [1.165, 1.54) is 0 Å². The summed E-state index contributed by atoms with van der Waals surface area (Å²) >= 11 is 4.45. The van der Waals surface area contributed by atoms with Crippen LogP contribution in [0.5, 0.6) is 0 Å². The van der Waals surface area contributed by atoms with E-state index < -0.39 is 0 Å². The summed E-state index contributed by atoms with van der Waals surface area (Å²) in [7, 11) is 0. The summed E-state index contributed by atoms with van der Waals surface area (Å²) in [6, 6.07) is 0. The second-order valence-electron chi connectivity index (χ2n) is 1.22. The van der Waals surface area contributed by atoms with Gasteiger partial charge in [0.15, 0.2) is 0 Å². The van der Waals surface area contributed by atoms with Crippen LogP contribution in [0.4, 0.5) is 0 Å². The average Bonchev–Trinajstić information content (AvgIpc) is 2.14. The molecule has 1 radical (unpaired) electrons. The minimum atomic E-state index is 0.666. The van der Waals surface area contributed by atoms with E-state index in [2.05, 4.69) is 27.6 Å². The van der Waals surface area contributed by atoms with E-state index in [0.29, 0.717) is 6.61 Å². The van der Waals surface area contributed by atoms with Crippen molar-refractivity contribution >= 4 is 23.3 Å². The lowest BCUT2D eigenvalue weighted by atomic mass is 10.3. The second-order valence-corrected chi connectivity index (χ2v) is 1.43. The molecule has 0 amide bonds. The van der Waals surface area contributed by atoms with Gasteiger partial charge < -0.3 is 4.84 Å². The van der Waals surface area contributed by atoms with Gasteiger partial charge in [-0.2, -0.15) is 0 Å². The Balaban J connectivity index is 2.51. The molecule has 2 nitrogen and oxygen atoms in total. The van der Waals surface area contributed by atoms with Crippen LogP contribution in [0.3, 0.4) is 0 Å². The maximum atomic E-state index is 4.61. The van der Waals surface area contributed by atoms with E-state index in [9.17, 15) is 0 Å². The summed E-state index contributed by atoms with van der Waals surface area (Å²) in [6.45, 7) is 0.666. The van der Waals surface area contributed by atoms with Gasteiger partial charge in [0.25, 0.3) is 0 Å². The molecule has 0 saturated heterocycles. The topological polar surface area (TPSA) is 21.6 Å². The molecule has 0 unspecified atom stereocenters. The fraction of sp³-hybridized carbons (Fsp3) is 0.500. The third kappa shape index (κ3) is 0.962. The Morgan fingerprint density at radius 2 is 2.71 bits per heavy atom. The van der Waals surface area contributed by atoms with Crippen LogP contribution in [0.25, 0.3) is 0 Å². The Morgan fingerprint density at radius 3 is 3.00 bits per heavy atom. The smallest absolute Gasteiger partial charge is 0.122 e. The zero-order valence-corrected chi connectivity index (χ0v) is 4.49. The quantitative estimate of drug-likeness (QED) is 0.466. The third-order valence-electron chi connectivity index (χ3n) is 0.723. The Labute approximate surface area is 47.1 Å². The van der Waals surface area contributed by atoms with Crippen LogP contribution in [0.1, 0.15) is 6.42 Å². The van der Waals surface area contributed by atoms with Gasteiger partial charge in [-0.05, 0) is 0 Å². The van der Waals surface area contributed by atoms with Gasteiger partial charge >= 0.3 is 0 Å². The highest BCUT2D eigenvalue weighted by atomic mass is 32.1. The van der Waals surface area contributed by atoms with Crippen LogP contribution in [0.2, 0.25) is 0 Å². The molecule has 37 valence electrons. The predicted molar refractivity (Wildman–Crippen MR) is 30.6 cm³/mol. The predicted octanol–water partition coefficient (Wildman–Crippen LogP) is 0.639. The maximum absolute atomic E-state index is 4.61. The number of thiocarbonyl (C=S) groups is 1. The summed E-state index contributed by atoms with van der Waals surface area (Å²) in [5, 5.41) is 6.03. The highest BCUT2D eigenvalue weighted by Crippen LogP contribution is 1.96. The zero-order valence-electron chi connectivity index (χ0n) is 3.68. The molecule has 1 heterocycles. The molecule has 1 rings (SSSR count). The molecular weight excluding hydrogens is 110 g/mol. The van der Waals surface area contributed by atoms with Gasteiger partial charge in [0.2, 0.25) is 0 Å². The van der Waals surface area contributed by atoms with Gasteiger partial charge in [-0.15, -0.1) is 0 Å². The summed E-state index contributed by atoms with van der Waals surface area (Å²) in [6.07, 6.45) is 0.823. The van der Waals surface area contributed by atoms with Gasteiger partial charge in [-0.25, -0.2) is 0 Å². The lowest BCUT2D eigenvalue weighted by Crippen LogP contribution is -1.91. The first-order chi connectivity index (χ1) is 3.43. The van der Waals surface area contributed by atoms with E-state index in [4.69, 9.17) is 0 Å². The first-order valence-corrected chi connectivity index (χ1v) is 2.41. The van der Waals surface area contributed by atoms with Crippen LogP contribution in [-0.4, -0.2) is 17.7 Å². The lowest BCUT2D eigenvalue weighted by Gasteiger charge is -1.75. The minimum Gasteiger partial charge on any atom is -0.395 e. The van der Waals surface area contributed by atoms with Crippen molar-refractivity contribution < 1.29 is 4.84 Å². The molecule has 1 aliphatic rings. The number of hydrogen-bond donors (Lipinski definition) is 0. The fourth-order valence-electron chi connectivity index (χ4n) is 0.381. The molecule has 0 aromatic heterocycles. The van der Waals surface area contributed by atoms with Gasteiger partial charge in [0.1, 0.15) is 12.3 Å². The van der Waals surface area contributed by atoms with Gasteiger partial charge in [-0.1, -0.05) is 17.4 Å². The highest BCUT2D eigenvalue weighted by molar-refractivity contribution is 7.80. The van der Waals surface area contributed by atoms with Crippen molar-refractivity contribution in [2.45, 2.75) is 6.42 Å². The van der Waals surface area contributed by atoms with E-state index in [-0.39, 0.29) is 0 Å². The average molecular weight is 114 g/mol. The number of oxime groups is 1. The third-order valence-corrected chi connectivity index (χ3v) is 0.958. The number of hydrogen-bond acceptors (Lipinski definition) is 3. The number of nitrogens with zero attached hydrogens (tertiary/aromatic N) is 1. The minimum absolute atomic E-state index is 0.666. The Morgan fingerprint density at radius 1 is 1.86 bits per heavy atom. The normalized spacial score (nSPS) is 18.0.